The smallest absolute Gasteiger partial charge is 0.168 e. The van der Waals surface area contributed by atoms with Crippen molar-refractivity contribution in [1.29, 1.82) is 0 Å². The van der Waals surface area contributed by atoms with Crippen molar-refractivity contribution in [1.82, 2.24) is 0 Å². The van der Waals surface area contributed by atoms with Gasteiger partial charge in [0, 0.05) is 12.0 Å². The van der Waals surface area contributed by atoms with E-state index in [-0.39, 0.29) is 12.2 Å². The van der Waals surface area contributed by atoms with Crippen molar-refractivity contribution >= 4 is 5.78 Å². The Morgan fingerprint density at radius 3 is 2.58 bits per heavy atom. The Hall–Kier alpha value is -1.59. The van der Waals surface area contributed by atoms with Gasteiger partial charge in [-0.05, 0) is 18.2 Å². The first-order valence-corrected chi connectivity index (χ1v) is 6.49. The van der Waals surface area contributed by atoms with Crippen LogP contribution < -0.4 is 9.47 Å². The maximum Gasteiger partial charge on any atom is 0.168 e. The summed E-state index contributed by atoms with van der Waals surface area (Å²) in [5.74, 6) is 1.32. The number of ketones is 1. The molecule has 0 aromatic heterocycles. The lowest BCUT2D eigenvalue weighted by atomic mass is 10.1. The molecule has 2 heterocycles. The minimum atomic E-state index is -0.413. The van der Waals surface area contributed by atoms with Crippen LogP contribution in [-0.2, 0) is 9.47 Å². The van der Waals surface area contributed by atoms with Crippen LogP contribution in [-0.4, -0.2) is 38.5 Å². The minimum absolute atomic E-state index is 0.0115. The topological polar surface area (TPSA) is 54.0 Å². The van der Waals surface area contributed by atoms with E-state index in [0.29, 0.717) is 43.5 Å². The summed E-state index contributed by atoms with van der Waals surface area (Å²) in [7, 11) is 0. The lowest BCUT2D eigenvalue weighted by molar-refractivity contribution is -0.0407. The highest BCUT2D eigenvalue weighted by molar-refractivity contribution is 5.96. The number of Topliss-reactive ketones (excluding diaryl/α,β-unsaturated/α-hetero) is 1. The molecular formula is C14H16O5. The van der Waals surface area contributed by atoms with Crippen LogP contribution in [0.3, 0.4) is 0 Å². The molecule has 1 aromatic carbocycles. The summed E-state index contributed by atoms with van der Waals surface area (Å²) in [5.41, 5.74) is 0.600. The zero-order valence-corrected chi connectivity index (χ0v) is 10.6. The van der Waals surface area contributed by atoms with Gasteiger partial charge in [-0.15, -0.1) is 0 Å². The number of carbonyl (C=O) groups excluding carboxylic acids is 1. The van der Waals surface area contributed by atoms with E-state index in [4.69, 9.17) is 18.9 Å². The molecule has 2 aliphatic heterocycles. The molecule has 0 N–H and O–H groups in total. The molecule has 5 heteroatoms. The summed E-state index contributed by atoms with van der Waals surface area (Å²) in [6.07, 6.45) is 0.671. The van der Waals surface area contributed by atoms with Crippen molar-refractivity contribution in [2.45, 2.75) is 19.1 Å². The molecule has 1 aromatic rings. The van der Waals surface area contributed by atoms with Crippen molar-refractivity contribution in [3.8, 4) is 11.5 Å². The lowest BCUT2D eigenvalue weighted by Gasteiger charge is -2.10. The number of rotatable bonds is 3. The Kier molecular flexibility index (Phi) is 3.66. The molecule has 2 aliphatic rings. The highest BCUT2D eigenvalue weighted by atomic mass is 16.7. The van der Waals surface area contributed by atoms with Gasteiger partial charge in [-0.3, -0.25) is 4.79 Å². The normalized spacial score (nSPS) is 19.2. The van der Waals surface area contributed by atoms with Gasteiger partial charge in [-0.2, -0.15) is 0 Å². The van der Waals surface area contributed by atoms with Crippen molar-refractivity contribution in [2.24, 2.45) is 0 Å². The molecule has 0 spiro atoms. The maximum atomic E-state index is 12.1. The van der Waals surface area contributed by atoms with Crippen LogP contribution in [0.1, 0.15) is 23.2 Å². The SMILES string of the molecule is O=C(CC1OCCO1)c1ccc2c(c1)OCCCO2. The molecule has 19 heavy (non-hydrogen) atoms. The average molecular weight is 264 g/mol. The molecule has 1 fully saturated rings. The lowest BCUT2D eigenvalue weighted by Crippen LogP contribution is -2.14. The van der Waals surface area contributed by atoms with E-state index in [0.717, 1.165) is 6.42 Å². The van der Waals surface area contributed by atoms with Crippen LogP contribution in [0.2, 0.25) is 0 Å². The van der Waals surface area contributed by atoms with Crippen molar-refractivity contribution in [3.63, 3.8) is 0 Å². The number of fused-ring (bicyclic) bond motifs is 1. The first kappa shape index (κ1) is 12.4. The van der Waals surface area contributed by atoms with Gasteiger partial charge in [0.25, 0.3) is 0 Å². The fourth-order valence-electron chi connectivity index (χ4n) is 2.13. The number of hydrogen-bond acceptors (Lipinski definition) is 5. The Balaban J connectivity index is 1.73. The second-order valence-electron chi connectivity index (χ2n) is 4.51. The first-order chi connectivity index (χ1) is 9.33. The fourth-order valence-corrected chi connectivity index (χ4v) is 2.13. The number of ether oxygens (including phenoxy) is 4. The third kappa shape index (κ3) is 2.88. The van der Waals surface area contributed by atoms with E-state index in [1.807, 2.05) is 0 Å². The van der Waals surface area contributed by atoms with E-state index >= 15 is 0 Å². The quantitative estimate of drug-likeness (QED) is 0.779. The zero-order valence-electron chi connectivity index (χ0n) is 10.6. The number of hydrogen-bond donors (Lipinski definition) is 0. The predicted molar refractivity (Wildman–Crippen MR) is 66.7 cm³/mol. The van der Waals surface area contributed by atoms with Crippen molar-refractivity contribution in [2.75, 3.05) is 26.4 Å². The zero-order chi connectivity index (χ0) is 13.1. The van der Waals surface area contributed by atoms with Gasteiger partial charge in [0.15, 0.2) is 23.6 Å². The highest BCUT2D eigenvalue weighted by Gasteiger charge is 2.21. The summed E-state index contributed by atoms with van der Waals surface area (Å²) in [6, 6.07) is 5.27. The fraction of sp³-hybridized carbons (Fsp3) is 0.500. The summed E-state index contributed by atoms with van der Waals surface area (Å²) in [4.78, 5) is 12.1. The van der Waals surface area contributed by atoms with Gasteiger partial charge in [-0.1, -0.05) is 0 Å². The van der Waals surface area contributed by atoms with Crippen LogP contribution in [0, 0.1) is 0 Å². The summed E-state index contributed by atoms with van der Waals surface area (Å²) in [6.45, 7) is 2.36. The molecule has 0 amide bonds. The molecule has 3 rings (SSSR count). The van der Waals surface area contributed by atoms with E-state index in [1.54, 1.807) is 18.2 Å². The third-order valence-electron chi connectivity index (χ3n) is 3.11. The van der Waals surface area contributed by atoms with Crippen molar-refractivity contribution in [3.05, 3.63) is 23.8 Å². The van der Waals surface area contributed by atoms with E-state index in [1.165, 1.54) is 0 Å². The Morgan fingerprint density at radius 2 is 1.79 bits per heavy atom. The molecule has 0 radical (unpaired) electrons. The monoisotopic (exact) mass is 264 g/mol. The van der Waals surface area contributed by atoms with Gasteiger partial charge < -0.3 is 18.9 Å². The number of carbonyl (C=O) groups is 1. The minimum Gasteiger partial charge on any atom is -0.490 e. The molecule has 0 saturated carbocycles. The molecule has 1 saturated heterocycles. The molecular weight excluding hydrogens is 248 g/mol. The Bertz CT molecular complexity index is 465. The van der Waals surface area contributed by atoms with Crippen LogP contribution in [0.5, 0.6) is 11.5 Å². The van der Waals surface area contributed by atoms with Crippen LogP contribution in [0.4, 0.5) is 0 Å². The summed E-state index contributed by atoms with van der Waals surface area (Å²) < 4.78 is 21.7. The standard InChI is InChI=1S/C14H16O5/c15-11(9-14-18-6-7-19-14)10-2-3-12-13(8-10)17-5-1-4-16-12/h2-3,8,14H,1,4-7,9H2. The second kappa shape index (κ2) is 5.59. The van der Waals surface area contributed by atoms with E-state index in [9.17, 15) is 4.79 Å². The summed E-state index contributed by atoms with van der Waals surface area (Å²) >= 11 is 0. The van der Waals surface area contributed by atoms with Crippen LogP contribution in [0.15, 0.2) is 18.2 Å². The average Bonchev–Trinajstić information content (AvgIpc) is 2.81. The molecule has 102 valence electrons. The van der Waals surface area contributed by atoms with Gasteiger partial charge in [0.1, 0.15) is 0 Å². The summed E-state index contributed by atoms with van der Waals surface area (Å²) in [5, 5.41) is 0. The van der Waals surface area contributed by atoms with Gasteiger partial charge in [0.2, 0.25) is 0 Å². The van der Waals surface area contributed by atoms with Crippen LogP contribution in [0.25, 0.3) is 0 Å². The highest BCUT2D eigenvalue weighted by Crippen LogP contribution is 2.31. The van der Waals surface area contributed by atoms with E-state index < -0.39 is 6.29 Å². The second-order valence-corrected chi connectivity index (χ2v) is 4.51. The predicted octanol–water partition coefficient (Wildman–Crippen LogP) is 1.79. The molecule has 0 aliphatic carbocycles. The molecule has 0 atom stereocenters. The first-order valence-electron chi connectivity index (χ1n) is 6.49. The molecule has 5 nitrogen and oxygen atoms in total. The molecule has 0 unspecified atom stereocenters. The van der Waals surface area contributed by atoms with Gasteiger partial charge in [0.05, 0.1) is 32.8 Å². The maximum absolute atomic E-state index is 12.1. The van der Waals surface area contributed by atoms with Gasteiger partial charge in [-0.25, -0.2) is 0 Å². The van der Waals surface area contributed by atoms with Crippen LogP contribution >= 0.6 is 0 Å². The number of benzene rings is 1. The largest absolute Gasteiger partial charge is 0.490 e. The Labute approximate surface area is 111 Å². The molecule has 0 bridgehead atoms. The third-order valence-corrected chi connectivity index (χ3v) is 3.11. The van der Waals surface area contributed by atoms with E-state index in [2.05, 4.69) is 0 Å². The van der Waals surface area contributed by atoms with Crippen molar-refractivity contribution < 1.29 is 23.7 Å². The van der Waals surface area contributed by atoms with Gasteiger partial charge >= 0.3 is 0 Å². The Morgan fingerprint density at radius 1 is 1.05 bits per heavy atom.